The maximum absolute atomic E-state index is 12.4. The third-order valence-corrected chi connectivity index (χ3v) is 4.55. The number of anilines is 1. The van der Waals surface area contributed by atoms with Crippen molar-refractivity contribution in [3.63, 3.8) is 0 Å². The number of rotatable bonds is 5. The number of nitriles is 1. The Hall–Kier alpha value is -3.33. The summed E-state index contributed by atoms with van der Waals surface area (Å²) in [6.07, 6.45) is 0.114. The summed E-state index contributed by atoms with van der Waals surface area (Å²) in [4.78, 5) is 26.4. The molecular weight excluding hydrogens is 344 g/mol. The van der Waals surface area contributed by atoms with Crippen LogP contribution < -0.4 is 9.64 Å². The molecule has 0 saturated carbocycles. The third kappa shape index (κ3) is 4.09. The first-order valence-corrected chi connectivity index (χ1v) is 8.62. The summed E-state index contributed by atoms with van der Waals surface area (Å²) in [7, 11) is 1.55. The van der Waals surface area contributed by atoms with E-state index in [1.165, 1.54) is 0 Å². The van der Waals surface area contributed by atoms with Crippen LogP contribution in [0.4, 0.5) is 5.69 Å². The molecule has 1 aliphatic heterocycles. The van der Waals surface area contributed by atoms with Crippen LogP contribution in [0.2, 0.25) is 0 Å². The molecule has 1 heterocycles. The Balaban J connectivity index is 1.65. The number of methoxy groups -OCH3 is 1. The lowest BCUT2D eigenvalue weighted by Gasteiger charge is -2.20. The van der Waals surface area contributed by atoms with Gasteiger partial charge in [0.15, 0.2) is 0 Å². The van der Waals surface area contributed by atoms with Gasteiger partial charge in [0.2, 0.25) is 5.91 Å². The number of esters is 1. The number of hydrogen-bond acceptors (Lipinski definition) is 5. The normalized spacial score (nSPS) is 16.1. The molecule has 0 aromatic heterocycles. The first-order chi connectivity index (χ1) is 13.0. The zero-order valence-electron chi connectivity index (χ0n) is 15.3. The van der Waals surface area contributed by atoms with Crippen LogP contribution in [0.25, 0.3) is 0 Å². The molecule has 27 heavy (non-hydrogen) atoms. The molecular formula is C21H20N2O4. The van der Waals surface area contributed by atoms with Gasteiger partial charge in [0, 0.05) is 13.0 Å². The van der Waals surface area contributed by atoms with Crippen molar-refractivity contribution >= 4 is 17.6 Å². The van der Waals surface area contributed by atoms with Gasteiger partial charge in [-0.15, -0.1) is 0 Å². The minimum Gasteiger partial charge on any atom is -0.495 e. The fourth-order valence-electron chi connectivity index (χ4n) is 3.06. The lowest BCUT2D eigenvalue weighted by Crippen LogP contribution is -2.27. The average molecular weight is 364 g/mol. The number of carbonyl (C=O) groups is 2. The van der Waals surface area contributed by atoms with E-state index in [1.807, 2.05) is 31.2 Å². The highest BCUT2D eigenvalue weighted by molar-refractivity contribution is 6.00. The van der Waals surface area contributed by atoms with Crippen molar-refractivity contribution in [1.29, 1.82) is 5.26 Å². The van der Waals surface area contributed by atoms with E-state index in [2.05, 4.69) is 0 Å². The van der Waals surface area contributed by atoms with Crippen molar-refractivity contribution in [2.75, 3.05) is 18.6 Å². The van der Waals surface area contributed by atoms with E-state index in [9.17, 15) is 9.59 Å². The van der Waals surface area contributed by atoms with Gasteiger partial charge in [-0.25, -0.2) is 0 Å². The first kappa shape index (κ1) is 18.5. The van der Waals surface area contributed by atoms with Gasteiger partial charge in [-0.3, -0.25) is 9.59 Å². The zero-order valence-corrected chi connectivity index (χ0v) is 15.3. The Morgan fingerprint density at radius 3 is 2.67 bits per heavy atom. The predicted molar refractivity (Wildman–Crippen MR) is 99.1 cm³/mol. The largest absolute Gasteiger partial charge is 0.495 e. The van der Waals surface area contributed by atoms with Crippen molar-refractivity contribution in [2.24, 2.45) is 5.92 Å². The van der Waals surface area contributed by atoms with Crippen molar-refractivity contribution in [3.05, 3.63) is 59.2 Å². The smallest absolute Gasteiger partial charge is 0.311 e. The Morgan fingerprint density at radius 1 is 1.26 bits per heavy atom. The maximum Gasteiger partial charge on any atom is 0.311 e. The molecule has 0 bridgehead atoms. The fourth-order valence-corrected chi connectivity index (χ4v) is 3.06. The van der Waals surface area contributed by atoms with Crippen LogP contribution in [0, 0.1) is 24.2 Å². The Morgan fingerprint density at radius 2 is 2.00 bits per heavy atom. The van der Waals surface area contributed by atoms with Crippen LogP contribution in [0.15, 0.2) is 42.5 Å². The number of benzene rings is 2. The number of aryl methyl sites for hydroxylation is 1. The van der Waals surface area contributed by atoms with E-state index in [-0.39, 0.29) is 25.5 Å². The van der Waals surface area contributed by atoms with Gasteiger partial charge in [-0.05, 0) is 42.3 Å². The minimum absolute atomic E-state index is 0.114. The summed E-state index contributed by atoms with van der Waals surface area (Å²) in [5.41, 5.74) is 3.02. The van der Waals surface area contributed by atoms with Crippen LogP contribution in [-0.4, -0.2) is 25.5 Å². The maximum atomic E-state index is 12.4. The summed E-state index contributed by atoms with van der Waals surface area (Å²) < 4.78 is 10.7. The Kier molecular flexibility index (Phi) is 5.41. The van der Waals surface area contributed by atoms with E-state index in [1.54, 1.807) is 36.3 Å². The highest BCUT2D eigenvalue weighted by atomic mass is 16.5. The van der Waals surface area contributed by atoms with E-state index in [0.29, 0.717) is 17.0 Å². The second-order valence-corrected chi connectivity index (χ2v) is 6.50. The minimum atomic E-state index is -0.513. The van der Waals surface area contributed by atoms with Crippen molar-refractivity contribution in [3.8, 4) is 11.8 Å². The lowest BCUT2D eigenvalue weighted by atomic mass is 10.1. The van der Waals surface area contributed by atoms with Crippen LogP contribution in [0.1, 0.15) is 23.1 Å². The fraction of sp³-hybridized carbons (Fsp3) is 0.286. The molecule has 0 unspecified atom stereocenters. The first-order valence-electron chi connectivity index (χ1n) is 8.62. The molecule has 6 nitrogen and oxygen atoms in total. The van der Waals surface area contributed by atoms with Gasteiger partial charge in [0.1, 0.15) is 12.4 Å². The molecule has 1 saturated heterocycles. The highest BCUT2D eigenvalue weighted by Crippen LogP contribution is 2.34. The van der Waals surface area contributed by atoms with Crippen molar-refractivity contribution < 1.29 is 19.1 Å². The van der Waals surface area contributed by atoms with Gasteiger partial charge in [0.25, 0.3) is 0 Å². The molecule has 2 aromatic carbocycles. The summed E-state index contributed by atoms with van der Waals surface area (Å²) in [5, 5.41) is 8.81. The number of carbonyl (C=O) groups excluding carboxylic acids is 2. The SMILES string of the molecule is COc1ccc(C)cc1N1C[C@@H](C(=O)OCc2ccc(C#N)cc2)CC1=O. The van der Waals surface area contributed by atoms with Crippen molar-refractivity contribution in [2.45, 2.75) is 20.0 Å². The third-order valence-electron chi connectivity index (χ3n) is 4.55. The molecule has 1 aliphatic rings. The molecule has 6 heteroatoms. The quantitative estimate of drug-likeness (QED) is 0.762. The summed E-state index contributed by atoms with van der Waals surface area (Å²) in [5.74, 6) is -0.442. The highest BCUT2D eigenvalue weighted by Gasteiger charge is 2.37. The van der Waals surface area contributed by atoms with Gasteiger partial charge in [0.05, 0.1) is 30.3 Å². The Labute approximate surface area is 157 Å². The van der Waals surface area contributed by atoms with Crippen LogP contribution in [0.5, 0.6) is 5.75 Å². The summed E-state index contributed by atoms with van der Waals surface area (Å²) in [6, 6.07) is 14.5. The molecule has 2 aromatic rings. The van der Waals surface area contributed by atoms with Crippen molar-refractivity contribution in [1.82, 2.24) is 0 Å². The molecule has 0 radical (unpaired) electrons. The summed E-state index contributed by atoms with van der Waals surface area (Å²) >= 11 is 0. The second-order valence-electron chi connectivity index (χ2n) is 6.50. The van der Waals surface area contributed by atoms with Crippen LogP contribution in [0.3, 0.4) is 0 Å². The average Bonchev–Trinajstić information content (AvgIpc) is 3.08. The Bertz CT molecular complexity index is 899. The molecule has 3 rings (SSSR count). The van der Waals surface area contributed by atoms with Gasteiger partial charge < -0.3 is 14.4 Å². The molecule has 1 atom stereocenters. The van der Waals surface area contributed by atoms with Crippen LogP contribution >= 0.6 is 0 Å². The molecule has 0 aliphatic carbocycles. The summed E-state index contributed by atoms with van der Waals surface area (Å²) in [6.45, 7) is 2.32. The standard InChI is InChI=1S/C21H20N2O4/c1-14-3-8-19(26-2)18(9-14)23-12-17(10-20(23)24)21(25)27-13-16-6-4-15(11-22)5-7-16/h3-9,17H,10,12-13H2,1-2H3/t17-/m0/s1. The topological polar surface area (TPSA) is 79.6 Å². The van der Waals surface area contributed by atoms with Gasteiger partial charge in [-0.2, -0.15) is 5.26 Å². The lowest BCUT2D eigenvalue weighted by molar-refractivity contribution is -0.149. The van der Waals surface area contributed by atoms with E-state index < -0.39 is 11.9 Å². The molecule has 0 spiro atoms. The van der Waals surface area contributed by atoms with Crippen LogP contribution in [-0.2, 0) is 20.9 Å². The number of amides is 1. The zero-order chi connectivity index (χ0) is 19.4. The molecule has 138 valence electrons. The van der Waals surface area contributed by atoms with Gasteiger partial charge >= 0.3 is 5.97 Å². The van der Waals surface area contributed by atoms with Gasteiger partial charge in [-0.1, -0.05) is 18.2 Å². The van der Waals surface area contributed by atoms with E-state index in [0.717, 1.165) is 11.1 Å². The molecule has 1 amide bonds. The monoisotopic (exact) mass is 364 g/mol. The molecule has 0 N–H and O–H groups in total. The van der Waals surface area contributed by atoms with E-state index in [4.69, 9.17) is 14.7 Å². The molecule has 1 fully saturated rings. The van der Waals surface area contributed by atoms with E-state index >= 15 is 0 Å². The number of ether oxygens (including phenoxy) is 2. The second kappa shape index (κ2) is 7.92. The predicted octanol–water partition coefficient (Wildman–Crippen LogP) is 2.97. The number of nitrogens with zero attached hydrogens (tertiary/aromatic N) is 2. The number of hydrogen-bond donors (Lipinski definition) is 0.